The Morgan fingerprint density at radius 1 is 1.26 bits per heavy atom. The molecule has 0 aliphatic carbocycles. The lowest BCUT2D eigenvalue weighted by Crippen LogP contribution is -2.42. The Kier molecular flexibility index (Phi) is 3.77. The van der Waals surface area contributed by atoms with E-state index in [1.54, 1.807) is 37.0 Å². The van der Waals surface area contributed by atoms with Crippen molar-refractivity contribution in [1.29, 1.82) is 0 Å². The highest BCUT2D eigenvalue weighted by Gasteiger charge is 2.48. The highest BCUT2D eigenvalue weighted by molar-refractivity contribution is 7.16. The average molecular weight is 383 g/mol. The van der Waals surface area contributed by atoms with E-state index in [4.69, 9.17) is 0 Å². The molecule has 0 saturated carbocycles. The predicted octanol–water partition coefficient (Wildman–Crippen LogP) is 3.66. The Bertz CT molecular complexity index is 1070. The van der Waals surface area contributed by atoms with Crippen LogP contribution in [0.5, 0.6) is 0 Å². The van der Waals surface area contributed by atoms with Gasteiger partial charge in [-0.3, -0.25) is 9.48 Å². The summed E-state index contributed by atoms with van der Waals surface area (Å²) in [6, 6.07) is 7.36. The molecule has 2 amide bonds. The molecule has 4 rings (SSSR count). The fraction of sp³-hybridized carbons (Fsp3) is 0.222. The van der Waals surface area contributed by atoms with Crippen molar-refractivity contribution in [3.8, 4) is 10.4 Å². The average Bonchev–Trinajstić information content (AvgIpc) is 3.26. The molecule has 3 aromatic rings. The summed E-state index contributed by atoms with van der Waals surface area (Å²) >= 11 is 1.43. The number of pyridine rings is 1. The van der Waals surface area contributed by atoms with Gasteiger partial charge in [-0.05, 0) is 37.6 Å². The van der Waals surface area contributed by atoms with Gasteiger partial charge in [0.1, 0.15) is 11.6 Å². The van der Waals surface area contributed by atoms with E-state index in [0.717, 1.165) is 26.0 Å². The number of carboxylic acid groups (broad SMARTS) is 1. The molecule has 0 bridgehead atoms. The van der Waals surface area contributed by atoms with E-state index in [9.17, 15) is 14.7 Å². The van der Waals surface area contributed by atoms with Gasteiger partial charge in [0.15, 0.2) is 0 Å². The normalized spacial score (nSPS) is 15.1. The molecular weight excluding hydrogens is 366 g/mol. The van der Waals surface area contributed by atoms with Crippen LogP contribution in [0, 0.1) is 0 Å². The molecule has 2 N–H and O–H groups in total. The quantitative estimate of drug-likeness (QED) is 0.716. The zero-order chi connectivity index (χ0) is 19.3. The first-order valence-electron chi connectivity index (χ1n) is 8.22. The minimum absolute atomic E-state index is 0.445. The number of nitrogens with zero attached hydrogens (tertiary/aromatic N) is 4. The molecule has 0 radical (unpaired) electrons. The summed E-state index contributed by atoms with van der Waals surface area (Å²) in [5.74, 6) is 0.983. The number of anilines is 2. The molecule has 0 aromatic carbocycles. The number of nitrogens with one attached hydrogen (secondary N) is 1. The lowest BCUT2D eigenvalue weighted by Gasteiger charge is -2.27. The first-order chi connectivity index (χ1) is 12.8. The molecule has 0 fully saturated rings. The minimum Gasteiger partial charge on any atom is -0.465 e. The van der Waals surface area contributed by atoms with Gasteiger partial charge in [0.05, 0.1) is 17.3 Å². The van der Waals surface area contributed by atoms with Crippen molar-refractivity contribution in [3.05, 3.63) is 47.1 Å². The monoisotopic (exact) mass is 383 g/mol. The summed E-state index contributed by atoms with van der Waals surface area (Å²) in [4.78, 5) is 30.8. The van der Waals surface area contributed by atoms with Gasteiger partial charge in [-0.25, -0.2) is 14.7 Å². The number of fused-ring (bicyclic) bond motifs is 1. The van der Waals surface area contributed by atoms with Crippen molar-refractivity contribution < 1.29 is 14.7 Å². The molecule has 1 aliphatic heterocycles. The maximum Gasteiger partial charge on any atom is 0.415 e. The topological polar surface area (TPSA) is 100 Å². The SMILES string of the molecule is Cn1nccc1Nc1cc(-c2cc3c(s2)C(C)(C)N(C(=O)O)C3=O)ccn1. The summed E-state index contributed by atoms with van der Waals surface area (Å²) in [5, 5.41) is 16.7. The van der Waals surface area contributed by atoms with Gasteiger partial charge < -0.3 is 10.4 Å². The molecule has 1 aliphatic rings. The lowest BCUT2D eigenvalue weighted by atomic mass is 10.0. The molecule has 0 atom stereocenters. The fourth-order valence-corrected chi connectivity index (χ4v) is 4.47. The second-order valence-corrected chi connectivity index (χ2v) is 7.78. The molecule has 27 heavy (non-hydrogen) atoms. The predicted molar refractivity (Wildman–Crippen MR) is 101 cm³/mol. The van der Waals surface area contributed by atoms with Crippen LogP contribution in [0.4, 0.5) is 16.4 Å². The summed E-state index contributed by atoms with van der Waals surface area (Å²) in [6.07, 6.45) is 2.15. The van der Waals surface area contributed by atoms with Crippen molar-refractivity contribution in [3.63, 3.8) is 0 Å². The number of hydrogen-bond donors (Lipinski definition) is 2. The van der Waals surface area contributed by atoms with Crippen LogP contribution < -0.4 is 5.32 Å². The van der Waals surface area contributed by atoms with Crippen LogP contribution in [-0.4, -0.2) is 36.8 Å². The molecule has 0 unspecified atom stereocenters. The molecule has 3 aromatic heterocycles. The number of hydrogen-bond acceptors (Lipinski definition) is 6. The van der Waals surface area contributed by atoms with Gasteiger partial charge in [-0.15, -0.1) is 11.3 Å². The highest BCUT2D eigenvalue weighted by Crippen LogP contribution is 2.46. The Morgan fingerprint density at radius 2 is 2.04 bits per heavy atom. The van der Waals surface area contributed by atoms with Crippen LogP contribution in [0.2, 0.25) is 0 Å². The number of carbonyl (C=O) groups is 2. The van der Waals surface area contributed by atoms with E-state index in [1.807, 2.05) is 25.2 Å². The van der Waals surface area contributed by atoms with E-state index in [0.29, 0.717) is 11.4 Å². The van der Waals surface area contributed by atoms with E-state index in [1.165, 1.54) is 11.3 Å². The zero-order valence-corrected chi connectivity index (χ0v) is 15.7. The van der Waals surface area contributed by atoms with Gasteiger partial charge in [0.25, 0.3) is 5.91 Å². The first kappa shape index (κ1) is 17.2. The number of amides is 2. The van der Waals surface area contributed by atoms with Gasteiger partial charge in [-0.1, -0.05) is 0 Å². The van der Waals surface area contributed by atoms with Gasteiger partial charge in [-0.2, -0.15) is 5.10 Å². The summed E-state index contributed by atoms with van der Waals surface area (Å²) in [6.45, 7) is 3.49. The third-order valence-electron chi connectivity index (χ3n) is 4.59. The maximum absolute atomic E-state index is 12.5. The molecule has 138 valence electrons. The third kappa shape index (κ3) is 2.67. The maximum atomic E-state index is 12.5. The zero-order valence-electron chi connectivity index (χ0n) is 14.9. The van der Waals surface area contributed by atoms with E-state index in [2.05, 4.69) is 15.4 Å². The van der Waals surface area contributed by atoms with Crippen LogP contribution in [0.25, 0.3) is 10.4 Å². The largest absolute Gasteiger partial charge is 0.465 e. The number of rotatable bonds is 3. The second kappa shape index (κ2) is 5.92. The summed E-state index contributed by atoms with van der Waals surface area (Å²) in [5.41, 5.74) is 0.462. The molecule has 0 saturated heterocycles. The van der Waals surface area contributed by atoms with Gasteiger partial charge in [0, 0.05) is 29.1 Å². The minimum atomic E-state index is -1.23. The van der Waals surface area contributed by atoms with E-state index < -0.39 is 17.5 Å². The van der Waals surface area contributed by atoms with Crippen LogP contribution in [0.1, 0.15) is 29.1 Å². The third-order valence-corrected chi connectivity index (χ3v) is 6.09. The second-order valence-electron chi connectivity index (χ2n) is 6.73. The first-order valence-corrected chi connectivity index (χ1v) is 9.04. The summed E-state index contributed by atoms with van der Waals surface area (Å²) in [7, 11) is 1.83. The molecular formula is C18H17N5O3S. The molecule has 8 nitrogen and oxygen atoms in total. The van der Waals surface area contributed by atoms with Crippen LogP contribution in [0.15, 0.2) is 36.7 Å². The van der Waals surface area contributed by atoms with Crippen molar-refractivity contribution in [2.75, 3.05) is 5.32 Å². The van der Waals surface area contributed by atoms with E-state index >= 15 is 0 Å². The van der Waals surface area contributed by atoms with E-state index in [-0.39, 0.29) is 0 Å². The Labute approximate surface area is 159 Å². The Balaban J connectivity index is 1.69. The number of carbonyl (C=O) groups excluding carboxylic acids is 1. The number of thiophene rings is 1. The highest BCUT2D eigenvalue weighted by atomic mass is 32.1. The lowest BCUT2D eigenvalue weighted by molar-refractivity contribution is 0.0613. The van der Waals surface area contributed by atoms with Crippen molar-refractivity contribution in [2.24, 2.45) is 7.05 Å². The summed E-state index contributed by atoms with van der Waals surface area (Å²) < 4.78 is 1.70. The van der Waals surface area contributed by atoms with Crippen LogP contribution in [0.3, 0.4) is 0 Å². The number of imide groups is 1. The smallest absolute Gasteiger partial charge is 0.415 e. The Hall–Kier alpha value is -3.20. The number of aromatic nitrogens is 3. The van der Waals surface area contributed by atoms with Crippen LogP contribution >= 0.6 is 11.3 Å². The van der Waals surface area contributed by atoms with Crippen molar-refractivity contribution in [2.45, 2.75) is 19.4 Å². The number of aryl methyl sites for hydroxylation is 1. The van der Waals surface area contributed by atoms with Crippen LogP contribution in [-0.2, 0) is 12.6 Å². The molecule has 4 heterocycles. The molecule has 9 heteroatoms. The van der Waals surface area contributed by atoms with Gasteiger partial charge >= 0.3 is 6.09 Å². The van der Waals surface area contributed by atoms with Gasteiger partial charge in [0.2, 0.25) is 0 Å². The van der Waals surface area contributed by atoms with Crippen molar-refractivity contribution in [1.82, 2.24) is 19.7 Å². The van der Waals surface area contributed by atoms with Crippen molar-refractivity contribution >= 4 is 35.0 Å². The standard InChI is InChI=1S/C18H17N5O3S/c1-18(2)15-11(16(24)23(18)17(25)26)9-12(27-15)10-4-6-19-13(8-10)21-14-5-7-20-22(14)3/h4-9H,1-3H3,(H,19,21)(H,25,26). The fourth-order valence-electron chi connectivity index (χ4n) is 3.23. The molecule has 0 spiro atoms. The Morgan fingerprint density at radius 3 is 2.67 bits per heavy atom.